The molecule has 4 nitrogen and oxygen atoms in total. The Morgan fingerprint density at radius 1 is 1.38 bits per heavy atom. The van der Waals surface area contributed by atoms with Gasteiger partial charge in [0, 0.05) is 5.92 Å². The van der Waals surface area contributed by atoms with Gasteiger partial charge in [-0.1, -0.05) is 38.0 Å². The minimum absolute atomic E-state index is 0.116. The summed E-state index contributed by atoms with van der Waals surface area (Å²) in [5, 5.41) is 11.8. The van der Waals surface area contributed by atoms with Gasteiger partial charge in [-0.3, -0.25) is 9.59 Å². The Morgan fingerprint density at radius 2 is 2.05 bits per heavy atom. The third-order valence-electron chi connectivity index (χ3n) is 3.45. The first kappa shape index (κ1) is 19.0. The molecule has 0 rings (SSSR count). The summed E-state index contributed by atoms with van der Waals surface area (Å²) in [5.41, 5.74) is 0. The van der Waals surface area contributed by atoms with E-state index in [9.17, 15) is 14.7 Å². The molecule has 0 aliphatic carbocycles. The molecule has 0 aromatic rings. The number of hydrogen-bond acceptors (Lipinski definition) is 2. The van der Waals surface area contributed by atoms with Crippen molar-refractivity contribution in [2.75, 3.05) is 6.54 Å². The van der Waals surface area contributed by atoms with Gasteiger partial charge in [0.2, 0.25) is 5.91 Å². The molecule has 0 saturated heterocycles. The van der Waals surface area contributed by atoms with E-state index >= 15 is 0 Å². The first-order valence-electron chi connectivity index (χ1n) is 7.15. The molecule has 3 unspecified atom stereocenters. The lowest BCUT2D eigenvalue weighted by atomic mass is 9.90. The average molecular weight is 291 g/mol. The van der Waals surface area contributed by atoms with Crippen LogP contribution < -0.4 is 5.32 Å². The van der Waals surface area contributed by atoms with E-state index in [2.05, 4.69) is 24.7 Å². The monoisotopic (exact) mass is 291 g/mol. The number of aliphatic carboxylic acids is 1. The predicted octanol–water partition coefficient (Wildman–Crippen LogP) is 2.62. The lowest BCUT2D eigenvalue weighted by molar-refractivity contribution is -0.146. The van der Waals surface area contributed by atoms with Gasteiger partial charge < -0.3 is 10.4 Å². The Kier molecular flexibility index (Phi) is 9.70. The van der Waals surface area contributed by atoms with Crippen LogP contribution in [0.5, 0.6) is 0 Å². The summed E-state index contributed by atoms with van der Waals surface area (Å²) in [7, 11) is 0. The number of carboxylic acids is 1. The zero-order valence-corrected chi connectivity index (χ0v) is 12.8. The molecule has 21 heavy (non-hydrogen) atoms. The molecule has 0 aromatic heterocycles. The second-order valence-electron chi connectivity index (χ2n) is 5.15. The van der Waals surface area contributed by atoms with Crippen molar-refractivity contribution in [3.63, 3.8) is 0 Å². The zero-order valence-electron chi connectivity index (χ0n) is 12.8. The minimum atomic E-state index is -0.970. The summed E-state index contributed by atoms with van der Waals surface area (Å²) in [6.45, 7) is 7.53. The largest absolute Gasteiger partial charge is 0.481 e. The van der Waals surface area contributed by atoms with Gasteiger partial charge in [-0.05, 0) is 25.2 Å². The standard InChI is InChI=1S/C17H25NO3/c1-5-12-18-16(19)14(4)15(17(20)21)11-9-7-8-10-13(3)6-2/h1,6-7,9,13-15H,2,8,10-12H2,3-4H3,(H,18,19)(H,20,21). The van der Waals surface area contributed by atoms with Crippen LogP contribution in [0.25, 0.3) is 0 Å². The fourth-order valence-corrected chi connectivity index (χ4v) is 1.84. The molecule has 0 fully saturated rings. The van der Waals surface area contributed by atoms with Crippen molar-refractivity contribution in [2.24, 2.45) is 17.8 Å². The van der Waals surface area contributed by atoms with E-state index in [1.807, 2.05) is 18.2 Å². The normalized spacial score (nSPS) is 14.9. The van der Waals surface area contributed by atoms with Crippen molar-refractivity contribution < 1.29 is 14.7 Å². The maximum Gasteiger partial charge on any atom is 0.307 e. The molecule has 0 radical (unpaired) electrons. The Bertz CT molecular complexity index is 420. The van der Waals surface area contributed by atoms with E-state index in [-0.39, 0.29) is 12.5 Å². The van der Waals surface area contributed by atoms with Crippen LogP contribution in [0.3, 0.4) is 0 Å². The molecule has 4 heteroatoms. The van der Waals surface area contributed by atoms with Crippen LogP contribution in [0.15, 0.2) is 24.8 Å². The maximum atomic E-state index is 11.8. The number of carbonyl (C=O) groups is 2. The average Bonchev–Trinajstić information content (AvgIpc) is 2.46. The smallest absolute Gasteiger partial charge is 0.307 e. The topological polar surface area (TPSA) is 66.4 Å². The SMILES string of the molecule is C#CCNC(=O)C(C)C(CC=CCCC(C)C=C)C(=O)O. The van der Waals surface area contributed by atoms with Crippen LogP contribution in [-0.2, 0) is 9.59 Å². The maximum absolute atomic E-state index is 11.8. The molecule has 0 aliphatic rings. The minimum Gasteiger partial charge on any atom is -0.481 e. The van der Waals surface area contributed by atoms with Gasteiger partial charge in [-0.2, -0.15) is 0 Å². The first-order valence-corrected chi connectivity index (χ1v) is 7.15. The molecule has 0 bridgehead atoms. The van der Waals surface area contributed by atoms with E-state index < -0.39 is 17.8 Å². The summed E-state index contributed by atoms with van der Waals surface area (Å²) < 4.78 is 0. The van der Waals surface area contributed by atoms with Crippen LogP contribution in [0.2, 0.25) is 0 Å². The highest BCUT2D eigenvalue weighted by molar-refractivity contribution is 5.84. The molecule has 2 N–H and O–H groups in total. The van der Waals surface area contributed by atoms with Gasteiger partial charge in [0.1, 0.15) is 0 Å². The summed E-state index contributed by atoms with van der Waals surface area (Å²) in [6, 6.07) is 0. The van der Waals surface area contributed by atoms with Crippen LogP contribution >= 0.6 is 0 Å². The van der Waals surface area contributed by atoms with Crippen molar-refractivity contribution in [3.8, 4) is 12.3 Å². The van der Waals surface area contributed by atoms with E-state index in [1.54, 1.807) is 6.92 Å². The van der Waals surface area contributed by atoms with Gasteiger partial charge in [0.25, 0.3) is 0 Å². The van der Waals surface area contributed by atoms with E-state index in [0.717, 1.165) is 12.8 Å². The van der Waals surface area contributed by atoms with Crippen LogP contribution in [-0.4, -0.2) is 23.5 Å². The third kappa shape index (κ3) is 7.98. The van der Waals surface area contributed by atoms with Crippen molar-refractivity contribution >= 4 is 11.9 Å². The fraction of sp³-hybridized carbons (Fsp3) is 0.529. The second-order valence-corrected chi connectivity index (χ2v) is 5.15. The van der Waals surface area contributed by atoms with Crippen LogP contribution in [0, 0.1) is 30.1 Å². The number of carboxylic acid groups (broad SMARTS) is 1. The third-order valence-corrected chi connectivity index (χ3v) is 3.45. The number of rotatable bonds is 10. The molecule has 116 valence electrons. The summed E-state index contributed by atoms with van der Waals surface area (Å²) in [5.74, 6) is 0.0863. The van der Waals surface area contributed by atoms with Crippen LogP contribution in [0.4, 0.5) is 0 Å². The number of terminal acetylenes is 1. The van der Waals surface area contributed by atoms with E-state index in [4.69, 9.17) is 6.42 Å². The van der Waals surface area contributed by atoms with Crippen molar-refractivity contribution in [1.82, 2.24) is 5.32 Å². The zero-order chi connectivity index (χ0) is 16.3. The summed E-state index contributed by atoms with van der Waals surface area (Å²) in [4.78, 5) is 23.0. The van der Waals surface area contributed by atoms with Crippen LogP contribution in [0.1, 0.15) is 33.1 Å². The van der Waals surface area contributed by atoms with Gasteiger partial charge >= 0.3 is 5.97 Å². The molecule has 0 heterocycles. The molecular weight excluding hydrogens is 266 g/mol. The number of nitrogens with one attached hydrogen (secondary N) is 1. The van der Waals surface area contributed by atoms with E-state index in [1.165, 1.54) is 0 Å². The second kappa shape index (κ2) is 10.7. The molecule has 1 amide bonds. The predicted molar refractivity (Wildman–Crippen MR) is 84.5 cm³/mol. The number of amides is 1. The van der Waals surface area contributed by atoms with Gasteiger partial charge in [0.15, 0.2) is 0 Å². The Labute approximate surface area is 127 Å². The fourth-order valence-electron chi connectivity index (χ4n) is 1.84. The lowest BCUT2D eigenvalue weighted by Gasteiger charge is -2.17. The van der Waals surface area contributed by atoms with Gasteiger partial charge in [-0.15, -0.1) is 13.0 Å². The van der Waals surface area contributed by atoms with E-state index in [0.29, 0.717) is 12.3 Å². The molecule has 0 spiro atoms. The molecule has 0 saturated carbocycles. The summed E-state index contributed by atoms with van der Waals surface area (Å²) in [6.07, 6.45) is 12.9. The van der Waals surface area contributed by atoms with Crippen molar-refractivity contribution in [1.29, 1.82) is 0 Å². The molecular formula is C17H25NO3. The van der Waals surface area contributed by atoms with Gasteiger partial charge in [-0.25, -0.2) is 0 Å². The molecule has 3 atom stereocenters. The number of hydrogen-bond donors (Lipinski definition) is 2. The number of allylic oxidation sites excluding steroid dienone is 3. The lowest BCUT2D eigenvalue weighted by Crippen LogP contribution is -2.36. The first-order chi connectivity index (χ1) is 9.93. The Morgan fingerprint density at radius 3 is 2.57 bits per heavy atom. The van der Waals surface area contributed by atoms with Crippen molar-refractivity contribution in [2.45, 2.75) is 33.1 Å². The number of carbonyl (C=O) groups excluding carboxylic acids is 1. The van der Waals surface area contributed by atoms with Gasteiger partial charge in [0.05, 0.1) is 12.5 Å². The summed E-state index contributed by atoms with van der Waals surface area (Å²) >= 11 is 0. The van der Waals surface area contributed by atoms with Crippen molar-refractivity contribution in [3.05, 3.63) is 24.8 Å². The Balaban J connectivity index is 4.39. The highest BCUT2D eigenvalue weighted by Gasteiger charge is 2.28. The molecule has 0 aromatic carbocycles. The highest BCUT2D eigenvalue weighted by atomic mass is 16.4. The quantitative estimate of drug-likeness (QED) is 0.480. The Hall–Kier alpha value is -2.02. The highest BCUT2D eigenvalue weighted by Crippen LogP contribution is 2.18. The molecule has 0 aliphatic heterocycles.